The van der Waals surface area contributed by atoms with E-state index in [1.807, 2.05) is 20.8 Å². The van der Waals surface area contributed by atoms with E-state index in [-0.39, 0.29) is 36.8 Å². The van der Waals surface area contributed by atoms with Gasteiger partial charge >= 0.3 is 11.9 Å². The Morgan fingerprint density at radius 3 is 2.32 bits per heavy atom. The largest absolute Gasteiger partial charge is 0.461 e. The highest BCUT2D eigenvalue weighted by Crippen LogP contribution is 2.63. The summed E-state index contributed by atoms with van der Waals surface area (Å²) >= 11 is 0. The number of carbonyl (C=O) groups is 3. The van der Waals surface area contributed by atoms with Gasteiger partial charge in [0.25, 0.3) is 0 Å². The van der Waals surface area contributed by atoms with Crippen LogP contribution >= 0.6 is 0 Å². The monoisotopic (exact) mass is 534 g/mol. The molecule has 0 radical (unpaired) electrons. The maximum atomic E-state index is 14.5. The van der Waals surface area contributed by atoms with E-state index in [9.17, 15) is 29.7 Å². The number of aliphatic hydroxyl groups is 3. The van der Waals surface area contributed by atoms with Gasteiger partial charge in [0.2, 0.25) is 0 Å². The molecule has 8 heteroatoms. The lowest BCUT2D eigenvalue weighted by Gasteiger charge is -2.48. The third-order valence-electron chi connectivity index (χ3n) is 9.68. The fourth-order valence-corrected chi connectivity index (χ4v) is 7.01. The molecule has 0 heterocycles. The zero-order chi connectivity index (χ0) is 28.7. The van der Waals surface area contributed by atoms with Crippen LogP contribution in [-0.4, -0.2) is 63.1 Å². The van der Waals surface area contributed by atoms with Crippen LogP contribution in [0.15, 0.2) is 23.3 Å². The molecule has 3 rings (SSSR count). The van der Waals surface area contributed by atoms with E-state index in [1.54, 1.807) is 26.0 Å². The number of rotatable bonds is 9. The Balaban J connectivity index is 2.10. The molecule has 1 saturated carbocycles. The van der Waals surface area contributed by atoms with Gasteiger partial charge in [-0.3, -0.25) is 14.4 Å². The summed E-state index contributed by atoms with van der Waals surface area (Å²) in [6.45, 7) is 12.0. The van der Waals surface area contributed by atoms with Crippen LogP contribution < -0.4 is 0 Å². The summed E-state index contributed by atoms with van der Waals surface area (Å²) in [5.41, 5.74) is -5.46. The van der Waals surface area contributed by atoms with Crippen LogP contribution in [0.3, 0.4) is 0 Å². The topological polar surface area (TPSA) is 130 Å². The lowest BCUT2D eigenvalue weighted by atomic mass is 9.59. The highest BCUT2D eigenvalue weighted by Gasteiger charge is 2.73. The summed E-state index contributed by atoms with van der Waals surface area (Å²) in [5.74, 6) is -2.78. The van der Waals surface area contributed by atoms with Gasteiger partial charge in [-0.05, 0) is 43.8 Å². The van der Waals surface area contributed by atoms with Gasteiger partial charge in [0, 0.05) is 24.7 Å². The Bertz CT molecular complexity index is 1010. The molecule has 4 unspecified atom stereocenters. The zero-order valence-electron chi connectivity index (χ0n) is 24.0. The summed E-state index contributed by atoms with van der Waals surface area (Å²) in [7, 11) is 0. The van der Waals surface area contributed by atoms with Gasteiger partial charge in [0.1, 0.15) is 30.0 Å². The van der Waals surface area contributed by atoms with E-state index >= 15 is 0 Å². The average molecular weight is 535 g/mol. The number of ether oxygens (including phenoxy) is 2. The number of allylic oxidation sites excluding steroid dienone is 1. The first-order valence-corrected chi connectivity index (χ1v) is 14.0. The molecule has 38 heavy (non-hydrogen) atoms. The molecule has 0 amide bonds. The summed E-state index contributed by atoms with van der Waals surface area (Å²) in [4.78, 5) is 39.2. The number of carbonyl (C=O) groups excluding carboxylic acids is 3. The molecular formula is C30H46O8. The lowest BCUT2D eigenvalue weighted by molar-refractivity contribution is -0.192. The van der Waals surface area contributed by atoms with Gasteiger partial charge in [-0.2, -0.15) is 0 Å². The van der Waals surface area contributed by atoms with E-state index in [0.717, 1.165) is 32.1 Å². The Hall–Kier alpha value is -2.03. The summed E-state index contributed by atoms with van der Waals surface area (Å²) in [6, 6.07) is 0. The van der Waals surface area contributed by atoms with Gasteiger partial charge in [-0.1, -0.05) is 65.5 Å². The molecule has 7 atom stereocenters. The lowest BCUT2D eigenvalue weighted by Crippen LogP contribution is -2.65. The van der Waals surface area contributed by atoms with E-state index in [2.05, 4.69) is 6.92 Å². The minimum absolute atomic E-state index is 0.136. The number of aliphatic hydroxyl groups excluding tert-OH is 2. The van der Waals surface area contributed by atoms with Crippen LogP contribution in [0.1, 0.15) is 93.4 Å². The predicted molar refractivity (Wildman–Crippen MR) is 142 cm³/mol. The molecule has 0 aromatic rings. The van der Waals surface area contributed by atoms with Gasteiger partial charge in [-0.25, -0.2) is 0 Å². The highest BCUT2D eigenvalue weighted by molar-refractivity contribution is 5.95. The molecule has 1 fully saturated rings. The van der Waals surface area contributed by atoms with E-state index in [0.29, 0.717) is 5.57 Å². The molecule has 0 aromatic carbocycles. The van der Waals surface area contributed by atoms with Crippen molar-refractivity contribution in [2.24, 2.45) is 22.7 Å². The Labute approximate surface area is 226 Å². The molecule has 8 nitrogen and oxygen atoms in total. The van der Waals surface area contributed by atoms with E-state index < -0.39 is 52.0 Å². The molecule has 214 valence electrons. The van der Waals surface area contributed by atoms with E-state index in [4.69, 9.17) is 9.47 Å². The second-order valence-corrected chi connectivity index (χ2v) is 12.4. The van der Waals surface area contributed by atoms with Crippen LogP contribution in [0.2, 0.25) is 0 Å². The number of Topliss-reactive ketones (excluding diaryl/α,β-unsaturated/α-hetero) is 1. The molecule has 1 spiro atoms. The fourth-order valence-electron chi connectivity index (χ4n) is 7.01. The SMILES string of the molecule is CCCCCCCC(=O)O[C@]1(C)C[C@@H](C)C23C=C(C)C(O)[C@@]2(O)C(O)C(COC(C)=O)=CC(C3=O)C1(C)C. The van der Waals surface area contributed by atoms with Gasteiger partial charge in [-0.15, -0.1) is 0 Å². The average Bonchev–Trinajstić information content (AvgIpc) is 2.98. The van der Waals surface area contributed by atoms with Gasteiger partial charge in [0.15, 0.2) is 5.78 Å². The quantitative estimate of drug-likeness (QED) is 0.231. The number of ketones is 1. The maximum absolute atomic E-state index is 14.5. The number of hydrogen-bond donors (Lipinski definition) is 3. The minimum Gasteiger partial charge on any atom is -0.461 e. The van der Waals surface area contributed by atoms with Crippen LogP contribution in [0.4, 0.5) is 0 Å². The first kappa shape index (κ1) is 30.5. The first-order valence-electron chi connectivity index (χ1n) is 14.0. The van der Waals surface area contributed by atoms with Crippen molar-refractivity contribution in [1.29, 1.82) is 0 Å². The third kappa shape index (κ3) is 4.66. The molecule has 3 aliphatic carbocycles. The predicted octanol–water partition coefficient (Wildman–Crippen LogP) is 3.80. The Morgan fingerprint density at radius 1 is 1.08 bits per heavy atom. The van der Waals surface area contributed by atoms with Crippen LogP contribution in [0, 0.1) is 22.7 Å². The second kappa shape index (κ2) is 10.9. The molecular weight excluding hydrogens is 488 g/mol. The summed E-state index contributed by atoms with van der Waals surface area (Å²) in [5, 5.41) is 34.9. The molecule has 2 bridgehead atoms. The van der Waals surface area contributed by atoms with Crippen molar-refractivity contribution >= 4 is 17.7 Å². The minimum atomic E-state index is -2.28. The highest BCUT2D eigenvalue weighted by atomic mass is 16.6. The van der Waals surface area contributed by atoms with Crippen molar-refractivity contribution in [3.63, 3.8) is 0 Å². The van der Waals surface area contributed by atoms with Crippen molar-refractivity contribution in [3.8, 4) is 0 Å². The third-order valence-corrected chi connectivity index (χ3v) is 9.68. The molecule has 0 aromatic heterocycles. The Kier molecular flexibility index (Phi) is 8.72. The zero-order valence-corrected chi connectivity index (χ0v) is 24.0. The van der Waals surface area contributed by atoms with Crippen LogP contribution in [-0.2, 0) is 23.9 Å². The number of fused-ring (bicyclic) bond motifs is 1. The first-order chi connectivity index (χ1) is 17.6. The van der Waals surface area contributed by atoms with Gasteiger partial charge < -0.3 is 24.8 Å². The van der Waals surface area contributed by atoms with Crippen molar-refractivity contribution in [3.05, 3.63) is 23.3 Å². The van der Waals surface area contributed by atoms with Crippen molar-refractivity contribution in [2.45, 2.75) is 117 Å². The van der Waals surface area contributed by atoms with E-state index in [1.165, 1.54) is 6.92 Å². The second-order valence-electron chi connectivity index (χ2n) is 12.4. The Morgan fingerprint density at radius 2 is 1.71 bits per heavy atom. The van der Waals surface area contributed by atoms with Crippen LogP contribution in [0.25, 0.3) is 0 Å². The summed E-state index contributed by atoms with van der Waals surface area (Å²) in [6.07, 6.45) is 5.47. The van der Waals surface area contributed by atoms with Crippen LogP contribution in [0.5, 0.6) is 0 Å². The molecule has 0 saturated heterocycles. The summed E-state index contributed by atoms with van der Waals surface area (Å²) < 4.78 is 11.4. The van der Waals surface area contributed by atoms with Crippen molar-refractivity contribution in [1.82, 2.24) is 0 Å². The molecule has 0 aliphatic heterocycles. The van der Waals surface area contributed by atoms with Crippen molar-refractivity contribution < 1.29 is 39.2 Å². The number of esters is 2. The molecule has 3 aliphatic rings. The number of hydrogen-bond acceptors (Lipinski definition) is 8. The number of unbranched alkanes of at least 4 members (excludes halogenated alkanes) is 4. The normalized spacial score (nSPS) is 37.9. The van der Waals surface area contributed by atoms with Crippen molar-refractivity contribution in [2.75, 3.05) is 6.61 Å². The fraction of sp³-hybridized carbons (Fsp3) is 0.767. The van der Waals surface area contributed by atoms with Gasteiger partial charge in [0.05, 0.1) is 5.41 Å². The standard InChI is InChI=1S/C30H46O8/c1-8-9-10-11-12-13-23(32)38-28(7)16-19(3)29-15-18(2)24(33)30(29,36)25(34)21(17-37-20(4)31)14-22(26(29)35)27(28,5)6/h14-15,19,22,24-25,33-34,36H,8-13,16-17H2,1-7H3/t19-,22?,24?,25?,28-,29?,30-/m1/s1. The smallest absolute Gasteiger partial charge is 0.306 e. The maximum Gasteiger partial charge on any atom is 0.306 e. The molecule has 3 N–H and O–H groups in total.